The van der Waals surface area contributed by atoms with E-state index in [0.29, 0.717) is 12.1 Å². The Morgan fingerprint density at radius 2 is 2.05 bits per heavy atom. The van der Waals surface area contributed by atoms with Crippen LogP contribution in [0.4, 0.5) is 0 Å². The van der Waals surface area contributed by atoms with E-state index in [0.717, 1.165) is 27.9 Å². The number of rotatable bonds is 4. The summed E-state index contributed by atoms with van der Waals surface area (Å²) in [6.45, 7) is 2.37. The number of aromatic amines is 1. The van der Waals surface area contributed by atoms with E-state index in [-0.39, 0.29) is 5.91 Å². The third-order valence-electron chi connectivity index (χ3n) is 3.62. The first-order chi connectivity index (χ1) is 10.7. The van der Waals surface area contributed by atoms with Crippen molar-refractivity contribution in [1.82, 2.24) is 15.3 Å². The predicted molar refractivity (Wildman–Crippen MR) is 85.0 cm³/mol. The maximum absolute atomic E-state index is 12.5. The first-order valence-electron chi connectivity index (χ1n) is 7.02. The van der Waals surface area contributed by atoms with Crippen LogP contribution >= 0.6 is 0 Å². The van der Waals surface area contributed by atoms with Gasteiger partial charge >= 0.3 is 0 Å². The molecule has 0 aliphatic rings. The molecule has 0 atom stereocenters. The fraction of sp³-hybridized carbons (Fsp3) is 0.176. The Hall–Kier alpha value is -2.82. The molecular weight excluding hydrogens is 278 g/mol. The molecule has 0 bridgehead atoms. The Balaban J connectivity index is 1.88. The van der Waals surface area contributed by atoms with Gasteiger partial charge in [-0.15, -0.1) is 0 Å². The molecule has 5 nitrogen and oxygen atoms in total. The highest BCUT2D eigenvalue weighted by Crippen LogP contribution is 2.26. The molecule has 112 valence electrons. The molecule has 0 aliphatic heterocycles. The molecule has 2 aromatic heterocycles. The van der Waals surface area contributed by atoms with Crippen LogP contribution in [0.25, 0.3) is 10.9 Å². The topological polar surface area (TPSA) is 67.0 Å². The van der Waals surface area contributed by atoms with Crippen LogP contribution in [0.1, 0.15) is 21.6 Å². The Kier molecular flexibility index (Phi) is 3.78. The van der Waals surface area contributed by atoms with Crippen LogP contribution in [0, 0.1) is 6.92 Å². The minimum Gasteiger partial charge on any atom is -0.497 e. The van der Waals surface area contributed by atoms with E-state index in [1.807, 2.05) is 37.3 Å². The number of aryl methyl sites for hydroxylation is 1. The molecule has 3 aromatic rings. The number of H-pyrrole nitrogens is 1. The van der Waals surface area contributed by atoms with E-state index in [9.17, 15) is 4.79 Å². The quantitative estimate of drug-likeness (QED) is 0.777. The molecule has 22 heavy (non-hydrogen) atoms. The fourth-order valence-electron chi connectivity index (χ4n) is 2.50. The average Bonchev–Trinajstić information content (AvgIpc) is 2.88. The third-order valence-corrected chi connectivity index (χ3v) is 3.62. The Morgan fingerprint density at radius 3 is 2.77 bits per heavy atom. The van der Waals surface area contributed by atoms with Gasteiger partial charge < -0.3 is 15.0 Å². The lowest BCUT2D eigenvalue weighted by molar-refractivity contribution is 0.0952. The Labute approximate surface area is 128 Å². The van der Waals surface area contributed by atoms with Crippen molar-refractivity contribution in [3.63, 3.8) is 0 Å². The molecule has 3 rings (SSSR count). The summed E-state index contributed by atoms with van der Waals surface area (Å²) in [5.41, 5.74) is 3.43. The van der Waals surface area contributed by atoms with Crippen molar-refractivity contribution in [3.05, 3.63) is 59.5 Å². The van der Waals surface area contributed by atoms with Gasteiger partial charge in [0.25, 0.3) is 5.91 Å². The standard InChI is InChI=1S/C17H17N3O2/c1-11-16(14-9-13(22-2)3-4-15(14)20-11)17(21)19-10-12-5-7-18-8-6-12/h3-9,20H,10H2,1-2H3,(H,19,21). The number of pyridine rings is 1. The number of hydrogen-bond acceptors (Lipinski definition) is 3. The fourth-order valence-corrected chi connectivity index (χ4v) is 2.50. The minimum absolute atomic E-state index is 0.103. The Bertz CT molecular complexity index is 809. The third kappa shape index (κ3) is 2.65. The number of nitrogens with zero attached hydrogens (tertiary/aromatic N) is 1. The first-order valence-corrected chi connectivity index (χ1v) is 7.02. The minimum atomic E-state index is -0.103. The number of carbonyl (C=O) groups is 1. The van der Waals surface area contributed by atoms with Gasteiger partial charge in [0.15, 0.2) is 0 Å². The number of fused-ring (bicyclic) bond motifs is 1. The molecule has 0 radical (unpaired) electrons. The van der Waals surface area contributed by atoms with Crippen LogP contribution in [-0.4, -0.2) is 23.0 Å². The number of nitrogens with one attached hydrogen (secondary N) is 2. The predicted octanol–water partition coefficient (Wildman–Crippen LogP) is 2.81. The van der Waals surface area contributed by atoms with Gasteiger partial charge in [0.1, 0.15) is 5.75 Å². The summed E-state index contributed by atoms with van der Waals surface area (Å²) in [4.78, 5) is 19.7. The highest BCUT2D eigenvalue weighted by atomic mass is 16.5. The van der Waals surface area contributed by atoms with Gasteiger partial charge in [-0.2, -0.15) is 0 Å². The molecule has 0 saturated heterocycles. The Morgan fingerprint density at radius 1 is 1.27 bits per heavy atom. The van der Waals surface area contributed by atoms with Crippen molar-refractivity contribution < 1.29 is 9.53 Å². The zero-order valence-electron chi connectivity index (χ0n) is 12.5. The zero-order valence-corrected chi connectivity index (χ0v) is 12.5. The van der Waals surface area contributed by atoms with Gasteiger partial charge in [-0.25, -0.2) is 0 Å². The van der Waals surface area contributed by atoms with Crippen LogP contribution in [0.5, 0.6) is 5.75 Å². The zero-order chi connectivity index (χ0) is 15.5. The summed E-state index contributed by atoms with van der Waals surface area (Å²) < 4.78 is 5.24. The van der Waals surface area contributed by atoms with Crippen LogP contribution in [-0.2, 0) is 6.54 Å². The second-order valence-corrected chi connectivity index (χ2v) is 5.07. The number of carbonyl (C=O) groups excluding carboxylic acids is 1. The lowest BCUT2D eigenvalue weighted by Crippen LogP contribution is -2.23. The summed E-state index contributed by atoms with van der Waals surface area (Å²) >= 11 is 0. The summed E-state index contributed by atoms with van der Waals surface area (Å²) in [6, 6.07) is 9.43. The van der Waals surface area contributed by atoms with Crippen LogP contribution in [0.15, 0.2) is 42.7 Å². The van der Waals surface area contributed by atoms with Gasteiger partial charge in [0.2, 0.25) is 0 Å². The molecule has 2 N–H and O–H groups in total. The number of amides is 1. The number of benzene rings is 1. The molecule has 1 amide bonds. The van der Waals surface area contributed by atoms with Crippen molar-refractivity contribution in [2.45, 2.75) is 13.5 Å². The van der Waals surface area contributed by atoms with Crippen molar-refractivity contribution in [2.24, 2.45) is 0 Å². The van der Waals surface area contributed by atoms with E-state index < -0.39 is 0 Å². The molecule has 0 unspecified atom stereocenters. The van der Waals surface area contributed by atoms with Crippen molar-refractivity contribution in [1.29, 1.82) is 0 Å². The van der Waals surface area contributed by atoms with E-state index in [4.69, 9.17) is 4.74 Å². The molecule has 1 aromatic carbocycles. The second-order valence-electron chi connectivity index (χ2n) is 5.07. The molecule has 0 saturated carbocycles. The monoisotopic (exact) mass is 295 g/mol. The van der Waals surface area contributed by atoms with Crippen molar-refractivity contribution >= 4 is 16.8 Å². The summed E-state index contributed by atoms with van der Waals surface area (Å²) in [7, 11) is 1.61. The highest BCUT2D eigenvalue weighted by molar-refractivity contribution is 6.08. The maximum Gasteiger partial charge on any atom is 0.253 e. The number of aromatic nitrogens is 2. The van der Waals surface area contributed by atoms with E-state index in [1.165, 1.54) is 0 Å². The summed E-state index contributed by atoms with van der Waals surface area (Å²) in [6.07, 6.45) is 3.42. The lowest BCUT2D eigenvalue weighted by Gasteiger charge is -2.06. The van der Waals surface area contributed by atoms with Gasteiger partial charge in [0.05, 0.1) is 12.7 Å². The van der Waals surface area contributed by atoms with E-state index >= 15 is 0 Å². The molecule has 2 heterocycles. The number of hydrogen-bond donors (Lipinski definition) is 2. The summed E-state index contributed by atoms with van der Waals surface area (Å²) in [5, 5.41) is 3.81. The number of methoxy groups -OCH3 is 1. The molecule has 0 fully saturated rings. The molecule has 5 heteroatoms. The van der Waals surface area contributed by atoms with E-state index in [1.54, 1.807) is 19.5 Å². The van der Waals surface area contributed by atoms with Crippen LogP contribution < -0.4 is 10.1 Å². The van der Waals surface area contributed by atoms with Crippen molar-refractivity contribution in [2.75, 3.05) is 7.11 Å². The SMILES string of the molecule is COc1ccc2[nH]c(C)c(C(=O)NCc3ccncc3)c2c1. The number of ether oxygens (including phenoxy) is 1. The van der Waals surface area contributed by atoms with Gasteiger partial charge in [0, 0.05) is 35.5 Å². The van der Waals surface area contributed by atoms with Gasteiger partial charge in [-0.1, -0.05) is 0 Å². The van der Waals surface area contributed by atoms with Crippen LogP contribution in [0.2, 0.25) is 0 Å². The molecule has 0 aliphatic carbocycles. The first kappa shape index (κ1) is 14.1. The lowest BCUT2D eigenvalue weighted by atomic mass is 10.1. The van der Waals surface area contributed by atoms with Crippen molar-refractivity contribution in [3.8, 4) is 5.75 Å². The normalized spacial score (nSPS) is 10.6. The maximum atomic E-state index is 12.5. The highest BCUT2D eigenvalue weighted by Gasteiger charge is 2.16. The van der Waals surface area contributed by atoms with Gasteiger partial charge in [-0.3, -0.25) is 9.78 Å². The smallest absolute Gasteiger partial charge is 0.253 e. The molecular formula is C17H17N3O2. The largest absolute Gasteiger partial charge is 0.497 e. The second kappa shape index (κ2) is 5.89. The average molecular weight is 295 g/mol. The summed E-state index contributed by atoms with van der Waals surface area (Å²) in [5.74, 6) is 0.628. The van der Waals surface area contributed by atoms with E-state index in [2.05, 4.69) is 15.3 Å². The molecule has 0 spiro atoms. The van der Waals surface area contributed by atoms with Gasteiger partial charge in [-0.05, 0) is 42.8 Å². The van der Waals surface area contributed by atoms with Crippen LogP contribution in [0.3, 0.4) is 0 Å².